The van der Waals surface area contributed by atoms with Gasteiger partial charge in [0.2, 0.25) is 0 Å². The molecule has 0 heterocycles. The van der Waals surface area contributed by atoms with E-state index in [1.54, 1.807) is 38.1 Å². The van der Waals surface area contributed by atoms with Gasteiger partial charge in [0.15, 0.2) is 5.60 Å². The van der Waals surface area contributed by atoms with Crippen molar-refractivity contribution < 1.29 is 23.0 Å². The van der Waals surface area contributed by atoms with Gasteiger partial charge in [-0.15, -0.1) is 0 Å². The summed E-state index contributed by atoms with van der Waals surface area (Å²) in [6.45, 7) is 7.79. The van der Waals surface area contributed by atoms with Gasteiger partial charge >= 0.3 is 5.97 Å². The van der Waals surface area contributed by atoms with Crippen molar-refractivity contribution in [1.82, 2.24) is 0 Å². The summed E-state index contributed by atoms with van der Waals surface area (Å²) in [5.74, 6) is -0.915. The molecule has 0 N–H and O–H groups in total. The highest BCUT2D eigenvalue weighted by molar-refractivity contribution is 5.79. The summed E-state index contributed by atoms with van der Waals surface area (Å²) in [7, 11) is 0. The number of hydrogen-bond acceptors (Lipinski definition) is 3. The molecule has 0 saturated carbocycles. The van der Waals surface area contributed by atoms with Gasteiger partial charge in [-0.25, -0.2) is 13.6 Å². The molecule has 3 nitrogen and oxygen atoms in total. The largest absolute Gasteiger partial charge is 0.476 e. The van der Waals surface area contributed by atoms with Gasteiger partial charge in [0.25, 0.3) is 0 Å². The van der Waals surface area contributed by atoms with E-state index in [4.69, 9.17) is 9.47 Å². The lowest BCUT2D eigenvalue weighted by molar-refractivity contribution is -0.160. The van der Waals surface area contributed by atoms with Gasteiger partial charge < -0.3 is 9.47 Å². The van der Waals surface area contributed by atoms with Crippen molar-refractivity contribution in [3.63, 3.8) is 0 Å². The lowest BCUT2D eigenvalue weighted by Gasteiger charge is -2.25. The normalized spacial score (nSPS) is 12.5. The molecule has 0 spiro atoms. The molecule has 27 heavy (non-hydrogen) atoms. The molecule has 5 heteroatoms. The van der Waals surface area contributed by atoms with E-state index in [9.17, 15) is 13.6 Å². The molecule has 2 aromatic rings. The predicted molar refractivity (Wildman–Crippen MR) is 102 cm³/mol. The number of esters is 1. The number of ether oxygens (including phenoxy) is 2. The molecule has 146 valence electrons. The Morgan fingerprint density at radius 3 is 2.37 bits per heavy atom. The van der Waals surface area contributed by atoms with E-state index in [0.29, 0.717) is 29.4 Å². The summed E-state index contributed by atoms with van der Waals surface area (Å²) in [6.07, 6.45) is 2.04. The number of benzene rings is 2. The van der Waals surface area contributed by atoms with Crippen molar-refractivity contribution in [2.75, 3.05) is 6.61 Å². The number of halogens is 2. The second-order valence-corrected chi connectivity index (χ2v) is 7.25. The summed E-state index contributed by atoms with van der Waals surface area (Å²) < 4.78 is 38.1. The number of hydrogen-bond donors (Lipinski definition) is 0. The molecule has 0 aromatic heterocycles. The quantitative estimate of drug-likeness (QED) is 0.549. The van der Waals surface area contributed by atoms with E-state index < -0.39 is 23.2 Å². The number of rotatable bonds is 8. The molecule has 0 bridgehead atoms. The molecule has 0 aliphatic carbocycles. The zero-order valence-electron chi connectivity index (χ0n) is 16.2. The molecule has 0 saturated heterocycles. The van der Waals surface area contributed by atoms with E-state index in [-0.39, 0.29) is 0 Å². The van der Waals surface area contributed by atoms with Crippen LogP contribution in [-0.4, -0.2) is 18.2 Å². The van der Waals surface area contributed by atoms with E-state index in [1.807, 2.05) is 6.92 Å². The van der Waals surface area contributed by atoms with E-state index in [0.717, 1.165) is 18.9 Å². The second kappa shape index (κ2) is 8.98. The minimum Gasteiger partial charge on any atom is -0.476 e. The van der Waals surface area contributed by atoms with Gasteiger partial charge in [-0.3, -0.25) is 0 Å². The highest BCUT2D eigenvalue weighted by Crippen LogP contribution is 2.27. The maximum atomic E-state index is 13.9. The average molecular weight is 376 g/mol. The fourth-order valence-electron chi connectivity index (χ4n) is 2.73. The van der Waals surface area contributed by atoms with Crippen LogP contribution in [0.3, 0.4) is 0 Å². The average Bonchev–Trinajstić information content (AvgIpc) is 2.60. The first-order valence-corrected chi connectivity index (χ1v) is 9.14. The SMILES string of the molecule is CCCC(C)COC(=O)C(C)(C)Oc1ccc(-c2ccc(F)cc2F)cc1. The van der Waals surface area contributed by atoms with Crippen LogP contribution in [-0.2, 0) is 9.53 Å². The molecule has 1 unspecified atom stereocenters. The number of carbonyl (C=O) groups excluding carboxylic acids is 1. The molecule has 1 atom stereocenters. The van der Waals surface area contributed by atoms with Gasteiger partial charge in [-0.1, -0.05) is 32.4 Å². The maximum Gasteiger partial charge on any atom is 0.349 e. The van der Waals surface area contributed by atoms with Gasteiger partial charge in [0.1, 0.15) is 17.4 Å². The van der Waals surface area contributed by atoms with Crippen LogP contribution >= 0.6 is 0 Å². The van der Waals surface area contributed by atoms with Crippen molar-refractivity contribution in [1.29, 1.82) is 0 Å². The minimum atomic E-state index is -1.14. The Bertz CT molecular complexity index is 770. The maximum absolute atomic E-state index is 13.9. The van der Waals surface area contributed by atoms with Crippen LogP contribution in [0.5, 0.6) is 5.75 Å². The van der Waals surface area contributed by atoms with Crippen LogP contribution < -0.4 is 4.74 Å². The number of carbonyl (C=O) groups is 1. The van der Waals surface area contributed by atoms with Crippen LogP contribution in [0.15, 0.2) is 42.5 Å². The van der Waals surface area contributed by atoms with E-state index in [1.165, 1.54) is 12.1 Å². The summed E-state index contributed by atoms with van der Waals surface area (Å²) >= 11 is 0. The highest BCUT2D eigenvalue weighted by Gasteiger charge is 2.32. The zero-order chi connectivity index (χ0) is 20.0. The van der Waals surface area contributed by atoms with E-state index in [2.05, 4.69) is 6.92 Å². The van der Waals surface area contributed by atoms with Crippen LogP contribution in [0.25, 0.3) is 11.1 Å². The first-order chi connectivity index (χ1) is 12.7. The highest BCUT2D eigenvalue weighted by atomic mass is 19.1. The first-order valence-electron chi connectivity index (χ1n) is 9.14. The summed E-state index contributed by atoms with van der Waals surface area (Å²) in [5.41, 5.74) is -0.255. The minimum absolute atomic E-state index is 0.298. The van der Waals surface area contributed by atoms with Gasteiger partial charge in [-0.2, -0.15) is 0 Å². The molecule has 0 amide bonds. The molecule has 0 radical (unpaired) electrons. The lowest BCUT2D eigenvalue weighted by atomic mass is 10.0. The summed E-state index contributed by atoms with van der Waals surface area (Å²) in [6, 6.07) is 10.1. The van der Waals surface area contributed by atoms with Crippen molar-refractivity contribution in [2.24, 2.45) is 5.92 Å². The summed E-state index contributed by atoms with van der Waals surface area (Å²) in [4.78, 5) is 12.3. The van der Waals surface area contributed by atoms with Gasteiger partial charge in [0, 0.05) is 11.6 Å². The fraction of sp³-hybridized carbons (Fsp3) is 0.409. The first kappa shape index (κ1) is 20.9. The Morgan fingerprint density at radius 2 is 1.78 bits per heavy atom. The molecule has 0 fully saturated rings. The van der Waals surface area contributed by atoms with Gasteiger partial charge in [0.05, 0.1) is 6.61 Å². The third kappa shape index (κ3) is 5.78. The molecule has 0 aliphatic heterocycles. The third-order valence-corrected chi connectivity index (χ3v) is 4.24. The Hall–Kier alpha value is -2.43. The molecule has 0 aliphatic rings. The smallest absolute Gasteiger partial charge is 0.349 e. The zero-order valence-corrected chi connectivity index (χ0v) is 16.2. The molecular weight excluding hydrogens is 350 g/mol. The molecular formula is C22H26F2O3. The van der Waals surface area contributed by atoms with Crippen LogP contribution in [0, 0.1) is 17.6 Å². The van der Waals surface area contributed by atoms with Crippen molar-refractivity contribution in [3.05, 3.63) is 54.1 Å². The molecule has 2 rings (SSSR count). The Morgan fingerprint density at radius 1 is 1.11 bits per heavy atom. The lowest BCUT2D eigenvalue weighted by Crippen LogP contribution is -2.40. The monoisotopic (exact) mass is 376 g/mol. The van der Waals surface area contributed by atoms with Crippen molar-refractivity contribution in [3.8, 4) is 16.9 Å². The fourth-order valence-corrected chi connectivity index (χ4v) is 2.73. The molecule has 2 aromatic carbocycles. The Kier molecular flexibility index (Phi) is 6.94. The van der Waals surface area contributed by atoms with Gasteiger partial charge in [-0.05, 0) is 56.0 Å². The Balaban J connectivity index is 2.03. The predicted octanol–water partition coefficient (Wildman–Crippen LogP) is 5.77. The van der Waals surface area contributed by atoms with Crippen molar-refractivity contribution >= 4 is 5.97 Å². The standard InChI is InChI=1S/C22H26F2O3/c1-5-6-15(2)14-26-21(25)22(3,4)27-18-10-7-16(8-11-18)19-12-9-17(23)13-20(19)24/h7-13,15H,5-6,14H2,1-4H3. The van der Waals surface area contributed by atoms with Crippen molar-refractivity contribution in [2.45, 2.75) is 46.1 Å². The second-order valence-electron chi connectivity index (χ2n) is 7.25. The Labute approximate surface area is 159 Å². The third-order valence-electron chi connectivity index (χ3n) is 4.24. The van der Waals surface area contributed by atoms with Crippen LogP contribution in [0.2, 0.25) is 0 Å². The van der Waals surface area contributed by atoms with Crippen LogP contribution in [0.4, 0.5) is 8.78 Å². The topological polar surface area (TPSA) is 35.5 Å². The summed E-state index contributed by atoms with van der Waals surface area (Å²) in [5, 5.41) is 0. The van der Waals surface area contributed by atoms with E-state index >= 15 is 0 Å². The van der Waals surface area contributed by atoms with Crippen LogP contribution in [0.1, 0.15) is 40.5 Å².